The lowest BCUT2D eigenvalue weighted by Crippen LogP contribution is -2.06. The van der Waals surface area contributed by atoms with E-state index in [9.17, 15) is 10.2 Å². The molecule has 20 heavy (non-hydrogen) atoms. The average molecular weight is 272 g/mol. The fourth-order valence-electron chi connectivity index (χ4n) is 2.86. The van der Waals surface area contributed by atoms with Crippen molar-refractivity contribution in [1.29, 1.82) is 0 Å². The number of hydrogen-bond donors (Lipinski definition) is 2. The maximum absolute atomic E-state index is 10.5. The molecule has 2 aromatic rings. The number of ether oxygens (including phenoxy) is 2. The Labute approximate surface area is 117 Å². The fourth-order valence-corrected chi connectivity index (χ4v) is 2.86. The van der Waals surface area contributed by atoms with Crippen LogP contribution < -0.4 is 9.47 Å². The zero-order chi connectivity index (χ0) is 14.3. The predicted octanol–water partition coefficient (Wildman–Crippen LogP) is 2.88. The van der Waals surface area contributed by atoms with E-state index in [1.54, 1.807) is 6.07 Å². The summed E-state index contributed by atoms with van der Waals surface area (Å²) in [6.45, 7) is 0. The van der Waals surface area contributed by atoms with E-state index < -0.39 is 0 Å². The summed E-state index contributed by atoms with van der Waals surface area (Å²) in [7, 11) is 3.02. The first-order valence-electron chi connectivity index (χ1n) is 6.45. The van der Waals surface area contributed by atoms with Gasteiger partial charge in [0.1, 0.15) is 5.75 Å². The smallest absolute Gasteiger partial charge is 0.203 e. The van der Waals surface area contributed by atoms with Gasteiger partial charge in [-0.1, -0.05) is 12.1 Å². The Kier molecular flexibility index (Phi) is 2.93. The van der Waals surface area contributed by atoms with Crippen LogP contribution in [-0.2, 0) is 12.8 Å². The summed E-state index contributed by atoms with van der Waals surface area (Å²) >= 11 is 0. The molecule has 3 rings (SSSR count). The predicted molar refractivity (Wildman–Crippen MR) is 75.7 cm³/mol. The Morgan fingerprint density at radius 1 is 0.950 bits per heavy atom. The molecule has 0 aliphatic heterocycles. The minimum atomic E-state index is 0.0179. The van der Waals surface area contributed by atoms with Crippen molar-refractivity contribution in [3.05, 3.63) is 35.4 Å². The van der Waals surface area contributed by atoms with Crippen LogP contribution in [0.4, 0.5) is 0 Å². The third kappa shape index (κ3) is 1.68. The second-order valence-corrected chi connectivity index (χ2v) is 4.81. The van der Waals surface area contributed by atoms with Crippen molar-refractivity contribution in [3.8, 4) is 34.1 Å². The molecule has 2 aromatic carbocycles. The van der Waals surface area contributed by atoms with Gasteiger partial charge in [0.15, 0.2) is 11.5 Å². The van der Waals surface area contributed by atoms with Crippen molar-refractivity contribution < 1.29 is 19.7 Å². The zero-order valence-corrected chi connectivity index (χ0v) is 11.4. The summed E-state index contributed by atoms with van der Waals surface area (Å²) < 4.78 is 10.5. The number of phenols is 2. The van der Waals surface area contributed by atoms with Crippen LogP contribution in [0.2, 0.25) is 0 Å². The van der Waals surface area contributed by atoms with Crippen LogP contribution in [0, 0.1) is 0 Å². The topological polar surface area (TPSA) is 58.9 Å². The van der Waals surface area contributed by atoms with Crippen LogP contribution in [0.15, 0.2) is 24.3 Å². The highest BCUT2D eigenvalue weighted by Crippen LogP contribution is 2.51. The van der Waals surface area contributed by atoms with Gasteiger partial charge in [-0.2, -0.15) is 0 Å². The Balaban J connectivity index is 2.35. The molecule has 104 valence electrons. The molecule has 0 unspecified atom stereocenters. The molecular formula is C16H16O4. The van der Waals surface area contributed by atoms with E-state index in [2.05, 4.69) is 0 Å². The molecule has 0 fully saturated rings. The van der Waals surface area contributed by atoms with Gasteiger partial charge in [-0.25, -0.2) is 0 Å². The molecular weight excluding hydrogens is 256 g/mol. The molecule has 0 saturated heterocycles. The quantitative estimate of drug-likeness (QED) is 0.882. The standard InChI is InChI=1S/C16H16O4/c1-19-12-8-10-7-6-9-4-3-5-11(17)13(9)14(10)15(18)16(12)20-2/h3-5,8,17-18H,6-7H2,1-2H3. The van der Waals surface area contributed by atoms with Crippen LogP contribution in [-0.4, -0.2) is 24.4 Å². The van der Waals surface area contributed by atoms with Gasteiger partial charge in [0.25, 0.3) is 0 Å². The highest BCUT2D eigenvalue weighted by molar-refractivity contribution is 5.86. The minimum absolute atomic E-state index is 0.0179. The summed E-state index contributed by atoms with van der Waals surface area (Å²) in [5.41, 5.74) is 3.31. The van der Waals surface area contributed by atoms with Crippen molar-refractivity contribution in [2.24, 2.45) is 0 Å². The molecule has 1 aliphatic rings. The summed E-state index contributed by atoms with van der Waals surface area (Å²) in [5.74, 6) is 0.986. The summed E-state index contributed by atoms with van der Waals surface area (Å²) in [4.78, 5) is 0. The first kappa shape index (κ1) is 12.7. The van der Waals surface area contributed by atoms with E-state index >= 15 is 0 Å². The molecule has 0 bridgehead atoms. The van der Waals surface area contributed by atoms with Crippen LogP contribution in [0.3, 0.4) is 0 Å². The largest absolute Gasteiger partial charge is 0.507 e. The van der Waals surface area contributed by atoms with Crippen LogP contribution in [0.25, 0.3) is 11.1 Å². The van der Waals surface area contributed by atoms with Crippen LogP contribution >= 0.6 is 0 Å². The van der Waals surface area contributed by atoms with Crippen molar-refractivity contribution in [3.63, 3.8) is 0 Å². The molecule has 0 saturated carbocycles. The lowest BCUT2D eigenvalue weighted by atomic mass is 9.84. The number of aryl methyl sites for hydroxylation is 2. The summed E-state index contributed by atoms with van der Waals surface area (Å²) in [6.07, 6.45) is 1.62. The molecule has 0 spiro atoms. The molecule has 0 radical (unpaired) electrons. The summed E-state index contributed by atoms with van der Waals surface area (Å²) in [6, 6.07) is 7.28. The first-order chi connectivity index (χ1) is 9.67. The van der Waals surface area contributed by atoms with Gasteiger partial charge >= 0.3 is 0 Å². The van der Waals surface area contributed by atoms with Crippen molar-refractivity contribution in [2.45, 2.75) is 12.8 Å². The normalized spacial score (nSPS) is 12.5. The molecule has 4 heteroatoms. The molecule has 0 amide bonds. The number of aromatic hydroxyl groups is 2. The number of hydrogen-bond acceptors (Lipinski definition) is 4. The van der Waals surface area contributed by atoms with Gasteiger partial charge < -0.3 is 19.7 Å². The summed E-state index contributed by atoms with van der Waals surface area (Å²) in [5, 5.41) is 20.6. The lowest BCUT2D eigenvalue weighted by molar-refractivity contribution is 0.333. The fraction of sp³-hybridized carbons (Fsp3) is 0.250. The Bertz CT molecular complexity index is 677. The van der Waals surface area contributed by atoms with E-state index in [0.717, 1.165) is 24.0 Å². The average Bonchev–Trinajstić information content (AvgIpc) is 2.46. The van der Waals surface area contributed by atoms with Crippen molar-refractivity contribution in [2.75, 3.05) is 14.2 Å². The maximum atomic E-state index is 10.5. The SMILES string of the molecule is COc1cc2c(c(O)c1OC)-c1c(O)cccc1CC2. The number of methoxy groups -OCH3 is 2. The monoisotopic (exact) mass is 272 g/mol. The molecule has 0 atom stereocenters. The van der Waals surface area contributed by atoms with Gasteiger partial charge in [-0.15, -0.1) is 0 Å². The van der Waals surface area contributed by atoms with Gasteiger partial charge in [-0.3, -0.25) is 0 Å². The first-order valence-corrected chi connectivity index (χ1v) is 6.45. The number of rotatable bonds is 2. The third-order valence-electron chi connectivity index (χ3n) is 3.77. The molecule has 0 aromatic heterocycles. The van der Waals surface area contributed by atoms with E-state index in [1.807, 2.05) is 18.2 Å². The number of phenolic OH excluding ortho intramolecular Hbond substituents is 2. The Morgan fingerprint density at radius 3 is 2.40 bits per heavy atom. The lowest BCUT2D eigenvalue weighted by Gasteiger charge is -2.24. The number of fused-ring (bicyclic) bond motifs is 3. The zero-order valence-electron chi connectivity index (χ0n) is 11.4. The van der Waals surface area contributed by atoms with Gasteiger partial charge in [0, 0.05) is 11.1 Å². The van der Waals surface area contributed by atoms with E-state index in [0.29, 0.717) is 22.6 Å². The van der Waals surface area contributed by atoms with E-state index in [4.69, 9.17) is 9.47 Å². The molecule has 4 nitrogen and oxygen atoms in total. The van der Waals surface area contributed by atoms with Crippen molar-refractivity contribution >= 4 is 0 Å². The molecule has 2 N–H and O–H groups in total. The van der Waals surface area contributed by atoms with Crippen molar-refractivity contribution in [1.82, 2.24) is 0 Å². The molecule has 0 heterocycles. The van der Waals surface area contributed by atoms with Gasteiger partial charge in [-0.05, 0) is 36.1 Å². The second kappa shape index (κ2) is 4.63. The third-order valence-corrected chi connectivity index (χ3v) is 3.77. The highest BCUT2D eigenvalue weighted by atomic mass is 16.5. The molecule has 1 aliphatic carbocycles. The Morgan fingerprint density at radius 2 is 1.70 bits per heavy atom. The van der Waals surface area contributed by atoms with E-state index in [1.165, 1.54) is 14.2 Å². The van der Waals surface area contributed by atoms with E-state index in [-0.39, 0.29) is 11.5 Å². The van der Waals surface area contributed by atoms with Crippen LogP contribution in [0.1, 0.15) is 11.1 Å². The van der Waals surface area contributed by atoms with Gasteiger partial charge in [0.05, 0.1) is 14.2 Å². The highest BCUT2D eigenvalue weighted by Gasteiger charge is 2.26. The second-order valence-electron chi connectivity index (χ2n) is 4.81. The Hall–Kier alpha value is -2.36. The maximum Gasteiger partial charge on any atom is 0.203 e. The van der Waals surface area contributed by atoms with Crippen LogP contribution in [0.5, 0.6) is 23.0 Å². The minimum Gasteiger partial charge on any atom is -0.507 e. The van der Waals surface area contributed by atoms with Gasteiger partial charge in [0.2, 0.25) is 5.75 Å². The number of benzene rings is 2.